The van der Waals surface area contributed by atoms with E-state index < -0.39 is 6.04 Å². The molecule has 1 heterocycles. The molecule has 2 aliphatic rings. The van der Waals surface area contributed by atoms with Crippen LogP contribution in [0.3, 0.4) is 0 Å². The van der Waals surface area contributed by atoms with Crippen molar-refractivity contribution in [1.82, 2.24) is 10.2 Å². The number of halogens is 1. The smallest absolute Gasteiger partial charge is 0.250 e. The summed E-state index contributed by atoms with van der Waals surface area (Å²) in [7, 11) is 1.49. The first-order valence-corrected chi connectivity index (χ1v) is 10.5. The number of amides is 2. The summed E-state index contributed by atoms with van der Waals surface area (Å²) >= 11 is 7.93. The van der Waals surface area contributed by atoms with E-state index in [1.54, 1.807) is 16.7 Å². The Morgan fingerprint density at radius 2 is 2.00 bits per heavy atom. The van der Waals surface area contributed by atoms with E-state index in [1.165, 1.54) is 13.5 Å². The number of carbonyl (C=O) groups excluding carboxylic acids is 2. The predicted molar refractivity (Wildman–Crippen MR) is 104 cm³/mol. The van der Waals surface area contributed by atoms with Crippen molar-refractivity contribution in [3.63, 3.8) is 0 Å². The van der Waals surface area contributed by atoms with Crippen LogP contribution in [0.1, 0.15) is 43.0 Å². The normalized spacial score (nSPS) is 23.8. The predicted octanol–water partition coefficient (Wildman–Crippen LogP) is 3.38. The maximum Gasteiger partial charge on any atom is 0.250 e. The van der Waals surface area contributed by atoms with Crippen LogP contribution in [0.5, 0.6) is 0 Å². The molecule has 1 aromatic carbocycles. The van der Waals surface area contributed by atoms with E-state index in [-0.39, 0.29) is 29.8 Å². The zero-order chi connectivity index (χ0) is 18.5. The Morgan fingerprint density at radius 3 is 2.69 bits per heavy atom. The molecule has 142 valence electrons. The summed E-state index contributed by atoms with van der Waals surface area (Å²) in [6.07, 6.45) is 5.58. The molecular weight excluding hydrogens is 372 g/mol. The van der Waals surface area contributed by atoms with Gasteiger partial charge in [0.15, 0.2) is 0 Å². The van der Waals surface area contributed by atoms with Crippen molar-refractivity contribution in [2.75, 3.05) is 19.5 Å². The second-order valence-corrected chi connectivity index (χ2v) is 8.32. The maximum atomic E-state index is 12.9. The Bertz CT molecular complexity index is 651. The van der Waals surface area contributed by atoms with E-state index in [2.05, 4.69) is 5.32 Å². The minimum Gasteiger partial charge on any atom is -0.375 e. The van der Waals surface area contributed by atoms with Gasteiger partial charge >= 0.3 is 0 Å². The molecule has 7 heteroatoms. The van der Waals surface area contributed by atoms with Gasteiger partial charge in [-0.2, -0.15) is 0 Å². The van der Waals surface area contributed by atoms with Gasteiger partial charge in [0.05, 0.1) is 0 Å². The Labute approximate surface area is 163 Å². The van der Waals surface area contributed by atoms with Gasteiger partial charge in [-0.25, -0.2) is 0 Å². The minimum absolute atomic E-state index is 0.0469. The topological polar surface area (TPSA) is 58.6 Å². The van der Waals surface area contributed by atoms with Crippen molar-refractivity contribution < 1.29 is 14.3 Å². The largest absolute Gasteiger partial charge is 0.375 e. The number of hydrogen-bond acceptors (Lipinski definition) is 4. The lowest BCUT2D eigenvalue weighted by Crippen LogP contribution is -2.51. The zero-order valence-corrected chi connectivity index (χ0v) is 16.5. The van der Waals surface area contributed by atoms with Gasteiger partial charge in [0.1, 0.15) is 18.0 Å². The summed E-state index contributed by atoms with van der Waals surface area (Å²) in [5, 5.41) is 3.49. The van der Waals surface area contributed by atoms with Gasteiger partial charge in [-0.1, -0.05) is 49.1 Å². The van der Waals surface area contributed by atoms with E-state index in [0.29, 0.717) is 10.8 Å². The van der Waals surface area contributed by atoms with E-state index in [1.807, 2.05) is 24.3 Å². The monoisotopic (exact) mass is 396 g/mol. The summed E-state index contributed by atoms with van der Waals surface area (Å²) in [5.41, 5.74) is 0.858. The number of benzene rings is 1. The van der Waals surface area contributed by atoms with Crippen LogP contribution in [0.4, 0.5) is 0 Å². The van der Waals surface area contributed by atoms with Gasteiger partial charge in [0.25, 0.3) is 0 Å². The van der Waals surface area contributed by atoms with E-state index in [4.69, 9.17) is 16.3 Å². The summed E-state index contributed by atoms with van der Waals surface area (Å²) in [6.45, 7) is -0.0469. The SMILES string of the molecule is COCC(=O)N1C(C(=O)NC2CCCCC2)CSC1c1ccccc1Cl. The first-order valence-electron chi connectivity index (χ1n) is 9.08. The molecule has 1 aromatic rings. The summed E-state index contributed by atoms with van der Waals surface area (Å²) in [5.74, 6) is 0.304. The third-order valence-electron chi connectivity index (χ3n) is 4.98. The third-order valence-corrected chi connectivity index (χ3v) is 6.63. The number of hydrogen-bond donors (Lipinski definition) is 1. The molecule has 2 atom stereocenters. The average molecular weight is 397 g/mol. The maximum absolute atomic E-state index is 12.9. The zero-order valence-electron chi connectivity index (χ0n) is 14.9. The lowest BCUT2D eigenvalue weighted by atomic mass is 9.95. The Balaban J connectivity index is 1.79. The molecule has 0 radical (unpaired) electrons. The van der Waals surface area contributed by atoms with Crippen molar-refractivity contribution >= 4 is 35.2 Å². The molecule has 0 bridgehead atoms. The molecule has 26 heavy (non-hydrogen) atoms. The lowest BCUT2D eigenvalue weighted by Gasteiger charge is -2.31. The van der Waals surface area contributed by atoms with Crippen LogP contribution in [0, 0.1) is 0 Å². The molecule has 1 saturated heterocycles. The molecule has 0 spiro atoms. The fourth-order valence-corrected chi connectivity index (χ4v) is 5.46. The van der Waals surface area contributed by atoms with Gasteiger partial charge < -0.3 is 15.0 Å². The van der Waals surface area contributed by atoms with Crippen molar-refractivity contribution in [3.8, 4) is 0 Å². The van der Waals surface area contributed by atoms with Crippen LogP contribution in [-0.4, -0.2) is 48.3 Å². The lowest BCUT2D eigenvalue weighted by molar-refractivity contribution is -0.143. The number of nitrogens with one attached hydrogen (secondary N) is 1. The quantitative estimate of drug-likeness (QED) is 0.828. The van der Waals surface area contributed by atoms with Crippen molar-refractivity contribution in [3.05, 3.63) is 34.9 Å². The van der Waals surface area contributed by atoms with Gasteiger partial charge in [0.2, 0.25) is 11.8 Å². The molecule has 1 N–H and O–H groups in total. The molecule has 1 saturated carbocycles. The molecule has 1 aliphatic carbocycles. The molecule has 1 aliphatic heterocycles. The highest BCUT2D eigenvalue weighted by molar-refractivity contribution is 7.99. The Hall–Kier alpha value is -1.24. The van der Waals surface area contributed by atoms with E-state index in [9.17, 15) is 9.59 Å². The second-order valence-electron chi connectivity index (χ2n) is 6.80. The van der Waals surface area contributed by atoms with Crippen LogP contribution in [0.2, 0.25) is 5.02 Å². The summed E-state index contributed by atoms with van der Waals surface area (Å²) in [6, 6.07) is 7.21. The summed E-state index contributed by atoms with van der Waals surface area (Å²) < 4.78 is 5.04. The minimum atomic E-state index is -0.495. The van der Waals surface area contributed by atoms with Gasteiger partial charge in [-0.15, -0.1) is 11.8 Å². The highest BCUT2D eigenvalue weighted by Gasteiger charge is 2.43. The van der Waals surface area contributed by atoms with Crippen LogP contribution >= 0.6 is 23.4 Å². The molecule has 5 nitrogen and oxygen atoms in total. The van der Waals surface area contributed by atoms with Crippen molar-refractivity contribution in [2.45, 2.75) is 49.6 Å². The number of thioether (sulfide) groups is 1. The highest BCUT2D eigenvalue weighted by Crippen LogP contribution is 2.43. The standard InChI is InChI=1S/C19H25ClN2O3S/c1-25-11-17(23)22-16(18(24)21-13-7-3-2-4-8-13)12-26-19(22)14-9-5-6-10-15(14)20/h5-6,9-10,13,16,19H,2-4,7-8,11-12H2,1H3,(H,21,24). The number of carbonyl (C=O) groups is 2. The first kappa shape index (κ1) is 19.5. The highest BCUT2D eigenvalue weighted by atomic mass is 35.5. The Kier molecular flexibility index (Phi) is 6.84. The van der Waals surface area contributed by atoms with Gasteiger partial charge in [-0.05, 0) is 18.9 Å². The van der Waals surface area contributed by atoms with Crippen molar-refractivity contribution in [2.24, 2.45) is 0 Å². The van der Waals surface area contributed by atoms with E-state index in [0.717, 1.165) is 31.2 Å². The molecule has 2 unspecified atom stereocenters. The first-order chi connectivity index (χ1) is 12.6. The van der Waals surface area contributed by atoms with Crippen LogP contribution in [0.15, 0.2) is 24.3 Å². The fraction of sp³-hybridized carbons (Fsp3) is 0.579. The van der Waals surface area contributed by atoms with Crippen LogP contribution < -0.4 is 5.32 Å². The van der Waals surface area contributed by atoms with E-state index >= 15 is 0 Å². The number of ether oxygens (including phenoxy) is 1. The van der Waals surface area contributed by atoms with Crippen LogP contribution in [-0.2, 0) is 14.3 Å². The fourth-order valence-electron chi connectivity index (χ4n) is 3.67. The number of rotatable bonds is 5. The molecule has 2 amide bonds. The third kappa shape index (κ3) is 4.35. The van der Waals surface area contributed by atoms with Gasteiger partial charge in [0, 0.05) is 29.5 Å². The number of nitrogens with zero attached hydrogens (tertiary/aromatic N) is 1. The van der Waals surface area contributed by atoms with Crippen molar-refractivity contribution in [1.29, 1.82) is 0 Å². The van der Waals surface area contributed by atoms with Gasteiger partial charge in [-0.3, -0.25) is 9.59 Å². The number of methoxy groups -OCH3 is 1. The van der Waals surface area contributed by atoms with Crippen LogP contribution in [0.25, 0.3) is 0 Å². The second kappa shape index (κ2) is 9.11. The molecule has 2 fully saturated rings. The summed E-state index contributed by atoms with van der Waals surface area (Å²) in [4.78, 5) is 27.3. The molecule has 3 rings (SSSR count). The molecular formula is C19H25ClN2O3S. The molecule has 0 aromatic heterocycles. The average Bonchev–Trinajstić information content (AvgIpc) is 3.08. The Morgan fingerprint density at radius 1 is 1.27 bits per heavy atom.